The Hall–Kier alpha value is -1.58. The fourth-order valence-electron chi connectivity index (χ4n) is 2.25. The zero-order chi connectivity index (χ0) is 18.6. The molecule has 0 unspecified atom stereocenters. The van der Waals surface area contributed by atoms with E-state index in [1.165, 1.54) is 44.1 Å². The fraction of sp³-hybridized carbons (Fsp3) is 0.680. The minimum Gasteiger partial charge on any atom is -0.0982 e. The van der Waals surface area contributed by atoms with Gasteiger partial charge in [-0.15, -0.1) is 0 Å². The summed E-state index contributed by atoms with van der Waals surface area (Å²) >= 11 is 0. The van der Waals surface area contributed by atoms with Crippen molar-refractivity contribution in [1.29, 1.82) is 0 Å². The number of allylic oxidation sites excluding steroid dienone is 2. The maximum absolute atomic E-state index is 3.42. The molecule has 0 aliphatic rings. The molecule has 0 aromatic rings. The van der Waals surface area contributed by atoms with Crippen LogP contribution >= 0.6 is 0 Å². The van der Waals surface area contributed by atoms with Crippen molar-refractivity contribution in [3.63, 3.8) is 0 Å². The van der Waals surface area contributed by atoms with Crippen LogP contribution in [-0.2, 0) is 0 Å². The molecule has 0 aromatic carbocycles. The molecular weight excluding hydrogens is 300 g/mol. The predicted molar refractivity (Wildman–Crippen MR) is 113 cm³/mol. The molecule has 0 spiro atoms. The molecule has 0 nitrogen and oxygen atoms in total. The van der Waals surface area contributed by atoms with Crippen molar-refractivity contribution in [2.75, 3.05) is 0 Å². The molecule has 0 saturated carbocycles. The lowest BCUT2D eigenvalue weighted by molar-refractivity contribution is 0.737. The summed E-state index contributed by atoms with van der Waals surface area (Å²) < 4.78 is 0. The maximum atomic E-state index is 3.42. The summed E-state index contributed by atoms with van der Waals surface area (Å²) in [7, 11) is 0. The summed E-state index contributed by atoms with van der Waals surface area (Å²) in [6.07, 6.45) is 14.7. The van der Waals surface area contributed by atoms with Crippen LogP contribution in [-0.4, -0.2) is 0 Å². The van der Waals surface area contributed by atoms with Crippen LogP contribution in [0.2, 0.25) is 0 Å². The molecular formula is C25H38. The molecule has 0 atom stereocenters. The number of hydrogen-bond acceptors (Lipinski definition) is 0. The third-order valence-corrected chi connectivity index (χ3v) is 3.96. The maximum Gasteiger partial charge on any atom is 0.0859 e. The van der Waals surface area contributed by atoms with Gasteiger partial charge in [0.1, 0.15) is 0 Å². The van der Waals surface area contributed by atoms with Gasteiger partial charge in [0.25, 0.3) is 0 Å². The Balaban J connectivity index is 5.33. The summed E-state index contributed by atoms with van der Waals surface area (Å²) in [6, 6.07) is 0. The second-order valence-corrected chi connectivity index (χ2v) is 6.53. The predicted octanol–water partition coefficient (Wildman–Crippen LogP) is 7.44. The molecule has 0 heteroatoms. The van der Waals surface area contributed by atoms with E-state index in [2.05, 4.69) is 63.2 Å². The highest BCUT2D eigenvalue weighted by Crippen LogP contribution is 2.12. The SMILES string of the molecule is CCCCC#CC(C#CCCCC)=C(C#CCCCCC)CCCC. The molecule has 0 aliphatic heterocycles. The molecule has 0 N–H and O–H groups in total. The molecule has 0 amide bonds. The summed E-state index contributed by atoms with van der Waals surface area (Å²) in [5, 5.41) is 0. The lowest BCUT2D eigenvalue weighted by Crippen LogP contribution is -1.88. The van der Waals surface area contributed by atoms with E-state index in [0.29, 0.717) is 0 Å². The molecule has 0 heterocycles. The van der Waals surface area contributed by atoms with Gasteiger partial charge < -0.3 is 0 Å². The molecule has 138 valence electrons. The average molecular weight is 339 g/mol. The molecule has 0 aromatic heterocycles. The first kappa shape index (κ1) is 23.4. The Morgan fingerprint density at radius 2 is 1.00 bits per heavy atom. The van der Waals surface area contributed by atoms with Gasteiger partial charge in [-0.3, -0.25) is 0 Å². The highest BCUT2D eigenvalue weighted by Gasteiger charge is 2.00. The summed E-state index contributed by atoms with van der Waals surface area (Å²) in [5.41, 5.74) is 2.16. The van der Waals surface area contributed by atoms with E-state index in [-0.39, 0.29) is 0 Å². The van der Waals surface area contributed by atoms with E-state index in [1.807, 2.05) is 0 Å². The van der Waals surface area contributed by atoms with Gasteiger partial charge >= 0.3 is 0 Å². The number of rotatable bonds is 10. The van der Waals surface area contributed by atoms with Crippen molar-refractivity contribution in [2.24, 2.45) is 0 Å². The van der Waals surface area contributed by atoms with Gasteiger partial charge in [-0.25, -0.2) is 0 Å². The fourth-order valence-corrected chi connectivity index (χ4v) is 2.25. The van der Waals surface area contributed by atoms with Crippen LogP contribution in [0.1, 0.15) is 111 Å². The van der Waals surface area contributed by atoms with Crippen LogP contribution in [0.5, 0.6) is 0 Å². The first-order valence-corrected chi connectivity index (χ1v) is 10.5. The summed E-state index contributed by atoms with van der Waals surface area (Å²) in [6.45, 7) is 8.87. The van der Waals surface area contributed by atoms with Crippen LogP contribution in [0.15, 0.2) is 11.1 Å². The highest BCUT2D eigenvalue weighted by atomic mass is 14.0. The van der Waals surface area contributed by atoms with Crippen molar-refractivity contribution < 1.29 is 0 Å². The lowest BCUT2D eigenvalue weighted by Gasteiger charge is -2.00. The Bertz CT molecular complexity index is 500. The van der Waals surface area contributed by atoms with Gasteiger partial charge in [0, 0.05) is 24.8 Å². The zero-order valence-corrected chi connectivity index (χ0v) is 17.2. The van der Waals surface area contributed by atoms with E-state index in [9.17, 15) is 0 Å². The van der Waals surface area contributed by atoms with Crippen molar-refractivity contribution in [1.82, 2.24) is 0 Å². The normalized spacial score (nSPS) is 9.12. The molecule has 0 bridgehead atoms. The minimum absolute atomic E-state index is 0.960. The monoisotopic (exact) mass is 338 g/mol. The van der Waals surface area contributed by atoms with E-state index >= 15 is 0 Å². The lowest BCUT2D eigenvalue weighted by atomic mass is 10.0. The third-order valence-electron chi connectivity index (χ3n) is 3.96. The smallest absolute Gasteiger partial charge is 0.0859 e. The van der Waals surface area contributed by atoms with Gasteiger partial charge in [-0.1, -0.05) is 95.3 Å². The third kappa shape index (κ3) is 14.5. The Morgan fingerprint density at radius 1 is 0.520 bits per heavy atom. The zero-order valence-electron chi connectivity index (χ0n) is 17.2. The van der Waals surface area contributed by atoms with Crippen LogP contribution in [0.4, 0.5) is 0 Å². The average Bonchev–Trinajstić information content (AvgIpc) is 2.63. The van der Waals surface area contributed by atoms with Crippen LogP contribution in [0.3, 0.4) is 0 Å². The largest absolute Gasteiger partial charge is 0.0982 e. The summed E-state index contributed by atoms with van der Waals surface area (Å²) in [5.74, 6) is 20.1. The Morgan fingerprint density at radius 3 is 1.52 bits per heavy atom. The topological polar surface area (TPSA) is 0 Å². The first-order valence-electron chi connectivity index (χ1n) is 10.5. The van der Waals surface area contributed by atoms with Crippen molar-refractivity contribution in [3.05, 3.63) is 11.1 Å². The first-order chi connectivity index (χ1) is 12.3. The molecule has 0 aliphatic carbocycles. The summed E-state index contributed by atoms with van der Waals surface area (Å²) in [4.78, 5) is 0. The van der Waals surface area contributed by atoms with E-state index in [4.69, 9.17) is 0 Å². The van der Waals surface area contributed by atoms with Crippen LogP contribution < -0.4 is 0 Å². The van der Waals surface area contributed by atoms with E-state index in [1.54, 1.807) is 0 Å². The van der Waals surface area contributed by atoms with Crippen molar-refractivity contribution in [3.8, 4) is 35.5 Å². The van der Waals surface area contributed by atoms with Crippen molar-refractivity contribution >= 4 is 0 Å². The Kier molecular flexibility index (Phi) is 17.6. The van der Waals surface area contributed by atoms with Gasteiger partial charge in [-0.05, 0) is 32.1 Å². The van der Waals surface area contributed by atoms with Gasteiger partial charge in [0.2, 0.25) is 0 Å². The van der Waals surface area contributed by atoms with Gasteiger partial charge in [0.05, 0.1) is 5.57 Å². The van der Waals surface area contributed by atoms with Gasteiger partial charge in [-0.2, -0.15) is 0 Å². The number of hydrogen-bond donors (Lipinski definition) is 0. The van der Waals surface area contributed by atoms with E-state index in [0.717, 1.165) is 50.5 Å². The van der Waals surface area contributed by atoms with Crippen LogP contribution in [0.25, 0.3) is 0 Å². The standard InChI is InChI=1S/C25H38/c1-5-9-13-16-19-23-24(20-12-8-4)25(21-17-14-10-6-2)22-18-15-11-7-3/h5-16,20H2,1-4H3. The van der Waals surface area contributed by atoms with Gasteiger partial charge in [0.15, 0.2) is 0 Å². The Labute approximate surface area is 158 Å². The quantitative estimate of drug-likeness (QED) is 0.287. The second kappa shape index (κ2) is 18.8. The number of unbranched alkanes of at least 4 members (excludes halogenated alkanes) is 8. The van der Waals surface area contributed by atoms with Crippen molar-refractivity contribution in [2.45, 2.75) is 111 Å². The van der Waals surface area contributed by atoms with E-state index < -0.39 is 0 Å². The van der Waals surface area contributed by atoms with Crippen LogP contribution in [0, 0.1) is 35.5 Å². The molecule has 0 saturated heterocycles. The minimum atomic E-state index is 0.960. The molecule has 0 fully saturated rings. The highest BCUT2D eigenvalue weighted by molar-refractivity contribution is 5.53. The second-order valence-electron chi connectivity index (χ2n) is 6.53. The molecule has 0 rings (SSSR count). The molecule has 0 radical (unpaired) electrons. The molecule has 25 heavy (non-hydrogen) atoms.